The smallest absolute Gasteiger partial charge is 0.323 e. The van der Waals surface area contributed by atoms with Crippen LogP contribution in [-0.2, 0) is 14.3 Å². The minimum atomic E-state index is -1.20. The molecule has 20 heavy (non-hydrogen) atoms. The van der Waals surface area contributed by atoms with E-state index < -0.39 is 31.0 Å². The molecule has 0 radical (unpaired) electrons. The van der Waals surface area contributed by atoms with Crippen molar-refractivity contribution in [3.63, 3.8) is 0 Å². The zero-order valence-electron chi connectivity index (χ0n) is 11.5. The second-order valence-corrected chi connectivity index (χ2v) is 4.77. The summed E-state index contributed by atoms with van der Waals surface area (Å²) >= 11 is 0. The van der Waals surface area contributed by atoms with Crippen molar-refractivity contribution in [2.24, 2.45) is 11.7 Å². The SMILES string of the molecule is CCC1OCCC1CNC(=O)N(CC(N)=O)CC(=O)O. The lowest BCUT2D eigenvalue weighted by molar-refractivity contribution is -0.137. The van der Waals surface area contributed by atoms with Crippen LogP contribution in [0.5, 0.6) is 0 Å². The van der Waals surface area contributed by atoms with Crippen molar-refractivity contribution in [1.29, 1.82) is 0 Å². The van der Waals surface area contributed by atoms with Gasteiger partial charge in [-0.3, -0.25) is 9.59 Å². The van der Waals surface area contributed by atoms with Crippen molar-refractivity contribution in [3.05, 3.63) is 0 Å². The molecule has 8 heteroatoms. The molecule has 3 amide bonds. The summed E-state index contributed by atoms with van der Waals surface area (Å²) in [5.41, 5.74) is 5.00. The van der Waals surface area contributed by atoms with Crippen LogP contribution in [0.4, 0.5) is 4.79 Å². The number of carboxylic acid groups (broad SMARTS) is 1. The highest BCUT2D eigenvalue weighted by Crippen LogP contribution is 2.22. The first-order chi connectivity index (χ1) is 9.43. The van der Waals surface area contributed by atoms with Gasteiger partial charge >= 0.3 is 12.0 Å². The fourth-order valence-electron chi connectivity index (χ4n) is 2.26. The summed E-state index contributed by atoms with van der Waals surface area (Å²) in [5, 5.41) is 11.3. The number of hydrogen-bond donors (Lipinski definition) is 3. The monoisotopic (exact) mass is 287 g/mol. The standard InChI is InChI=1S/C12H21N3O5/c1-2-9-8(3-4-20-9)5-14-12(19)15(6-10(13)16)7-11(17)18/h8-9H,2-7H2,1H3,(H2,13,16)(H,14,19)(H,17,18). The van der Waals surface area contributed by atoms with E-state index in [4.69, 9.17) is 15.6 Å². The average molecular weight is 287 g/mol. The predicted molar refractivity (Wildman–Crippen MR) is 69.9 cm³/mol. The Morgan fingerprint density at radius 3 is 2.65 bits per heavy atom. The molecule has 1 heterocycles. The molecule has 0 bridgehead atoms. The maximum Gasteiger partial charge on any atom is 0.323 e. The minimum absolute atomic E-state index is 0.111. The van der Waals surface area contributed by atoms with E-state index in [2.05, 4.69) is 5.32 Å². The summed E-state index contributed by atoms with van der Waals surface area (Å²) in [7, 11) is 0. The number of carbonyl (C=O) groups is 3. The van der Waals surface area contributed by atoms with E-state index in [1.807, 2.05) is 6.92 Å². The molecule has 4 N–H and O–H groups in total. The highest BCUT2D eigenvalue weighted by molar-refractivity contribution is 5.85. The molecular weight excluding hydrogens is 266 g/mol. The number of carbonyl (C=O) groups excluding carboxylic acids is 2. The number of amides is 3. The Hall–Kier alpha value is -1.83. The van der Waals surface area contributed by atoms with Crippen LogP contribution in [0.3, 0.4) is 0 Å². The second-order valence-electron chi connectivity index (χ2n) is 4.77. The van der Waals surface area contributed by atoms with Gasteiger partial charge in [0.15, 0.2) is 0 Å². The van der Waals surface area contributed by atoms with Crippen LogP contribution in [0.15, 0.2) is 0 Å². The van der Waals surface area contributed by atoms with Gasteiger partial charge in [0.1, 0.15) is 13.1 Å². The Morgan fingerprint density at radius 1 is 1.40 bits per heavy atom. The fourth-order valence-corrected chi connectivity index (χ4v) is 2.26. The molecule has 0 aromatic heterocycles. The van der Waals surface area contributed by atoms with Gasteiger partial charge in [-0.15, -0.1) is 0 Å². The number of nitrogens with zero attached hydrogens (tertiary/aromatic N) is 1. The number of primary amides is 1. The Bertz CT molecular complexity index is 358. The van der Waals surface area contributed by atoms with Gasteiger partial charge in [-0.05, 0) is 12.8 Å². The molecule has 0 spiro atoms. The zero-order valence-corrected chi connectivity index (χ0v) is 11.5. The third kappa shape index (κ3) is 5.04. The topological polar surface area (TPSA) is 122 Å². The zero-order chi connectivity index (χ0) is 15.1. The number of urea groups is 1. The van der Waals surface area contributed by atoms with Crippen molar-refractivity contribution in [3.8, 4) is 0 Å². The van der Waals surface area contributed by atoms with Crippen LogP contribution in [0, 0.1) is 5.92 Å². The molecule has 2 atom stereocenters. The number of nitrogens with two attached hydrogens (primary N) is 1. The molecule has 114 valence electrons. The van der Waals surface area contributed by atoms with Gasteiger partial charge < -0.3 is 25.8 Å². The first kappa shape index (κ1) is 16.2. The van der Waals surface area contributed by atoms with Crippen LogP contribution in [-0.4, -0.2) is 60.3 Å². The number of hydrogen-bond acceptors (Lipinski definition) is 4. The van der Waals surface area contributed by atoms with E-state index in [0.717, 1.165) is 17.7 Å². The van der Waals surface area contributed by atoms with E-state index in [9.17, 15) is 14.4 Å². The largest absolute Gasteiger partial charge is 0.480 e. The maximum atomic E-state index is 11.9. The van der Waals surface area contributed by atoms with Gasteiger partial charge in [-0.25, -0.2) is 4.79 Å². The Kier molecular flexibility index (Phi) is 6.23. The second kappa shape index (κ2) is 7.68. The molecule has 1 rings (SSSR count). The van der Waals surface area contributed by atoms with E-state index >= 15 is 0 Å². The Labute approximate surface area is 117 Å². The lowest BCUT2D eigenvalue weighted by Gasteiger charge is -2.22. The molecule has 0 aromatic rings. The van der Waals surface area contributed by atoms with Crippen molar-refractivity contribution >= 4 is 17.9 Å². The summed E-state index contributed by atoms with van der Waals surface area (Å²) in [6.07, 6.45) is 1.83. The van der Waals surface area contributed by atoms with Gasteiger partial charge in [-0.1, -0.05) is 6.92 Å². The summed E-state index contributed by atoms with van der Waals surface area (Å²) in [5.74, 6) is -1.74. The van der Waals surface area contributed by atoms with Gasteiger partial charge in [0.25, 0.3) is 0 Å². The maximum absolute atomic E-state index is 11.9. The van der Waals surface area contributed by atoms with Gasteiger partial charge in [0, 0.05) is 19.1 Å². The molecule has 2 unspecified atom stereocenters. The quantitative estimate of drug-likeness (QED) is 0.576. The molecule has 1 fully saturated rings. The molecule has 0 aliphatic carbocycles. The third-order valence-corrected chi connectivity index (χ3v) is 3.22. The van der Waals surface area contributed by atoms with Gasteiger partial charge in [-0.2, -0.15) is 0 Å². The summed E-state index contributed by atoms with van der Waals surface area (Å²) in [4.78, 5) is 34.2. The van der Waals surface area contributed by atoms with Crippen LogP contribution < -0.4 is 11.1 Å². The predicted octanol–water partition coefficient (Wildman–Crippen LogP) is -0.617. The fraction of sp³-hybridized carbons (Fsp3) is 0.750. The Morgan fingerprint density at radius 2 is 2.10 bits per heavy atom. The summed E-state index contributed by atoms with van der Waals surface area (Å²) in [6.45, 7) is 2.09. The van der Waals surface area contributed by atoms with Crippen molar-refractivity contribution < 1.29 is 24.2 Å². The van der Waals surface area contributed by atoms with Crippen LogP contribution in [0.25, 0.3) is 0 Å². The number of nitrogens with one attached hydrogen (secondary N) is 1. The first-order valence-corrected chi connectivity index (χ1v) is 6.58. The molecule has 1 saturated heterocycles. The lowest BCUT2D eigenvalue weighted by Crippen LogP contribution is -2.48. The summed E-state index contributed by atoms with van der Waals surface area (Å²) in [6, 6.07) is -0.604. The van der Waals surface area contributed by atoms with Crippen LogP contribution >= 0.6 is 0 Å². The highest BCUT2D eigenvalue weighted by Gasteiger charge is 2.28. The highest BCUT2D eigenvalue weighted by atomic mass is 16.5. The molecule has 8 nitrogen and oxygen atoms in total. The molecule has 1 aliphatic rings. The lowest BCUT2D eigenvalue weighted by atomic mass is 10.00. The first-order valence-electron chi connectivity index (χ1n) is 6.58. The van der Waals surface area contributed by atoms with E-state index in [0.29, 0.717) is 13.2 Å². The van der Waals surface area contributed by atoms with E-state index in [1.54, 1.807) is 0 Å². The van der Waals surface area contributed by atoms with Crippen molar-refractivity contribution in [2.45, 2.75) is 25.9 Å². The van der Waals surface area contributed by atoms with Crippen LogP contribution in [0.1, 0.15) is 19.8 Å². The normalized spacial score (nSPS) is 21.4. The number of ether oxygens (including phenoxy) is 1. The molecular formula is C12H21N3O5. The van der Waals surface area contributed by atoms with E-state index in [-0.39, 0.29) is 12.0 Å². The number of aliphatic carboxylic acids is 1. The summed E-state index contributed by atoms with van der Waals surface area (Å²) < 4.78 is 5.50. The molecule has 0 aromatic carbocycles. The van der Waals surface area contributed by atoms with Crippen molar-refractivity contribution in [2.75, 3.05) is 26.2 Å². The van der Waals surface area contributed by atoms with Crippen molar-refractivity contribution in [1.82, 2.24) is 10.2 Å². The number of carboxylic acids is 1. The minimum Gasteiger partial charge on any atom is -0.480 e. The third-order valence-electron chi connectivity index (χ3n) is 3.22. The average Bonchev–Trinajstić information content (AvgIpc) is 2.81. The van der Waals surface area contributed by atoms with E-state index in [1.165, 1.54) is 0 Å². The van der Waals surface area contributed by atoms with Crippen LogP contribution in [0.2, 0.25) is 0 Å². The number of rotatable bonds is 7. The Balaban J connectivity index is 2.48. The molecule has 1 aliphatic heterocycles. The van der Waals surface area contributed by atoms with Gasteiger partial charge in [0.05, 0.1) is 6.10 Å². The molecule has 0 saturated carbocycles. The van der Waals surface area contributed by atoms with Gasteiger partial charge in [0.2, 0.25) is 5.91 Å².